The van der Waals surface area contributed by atoms with Gasteiger partial charge in [0.25, 0.3) is 0 Å². The van der Waals surface area contributed by atoms with Crippen LogP contribution in [0.1, 0.15) is 135 Å². The summed E-state index contributed by atoms with van der Waals surface area (Å²) in [5.74, 6) is 0.910. The Hall–Kier alpha value is -1.95. The first-order chi connectivity index (χ1) is 23.4. The lowest BCUT2D eigenvalue weighted by molar-refractivity contribution is -0.134. The number of ether oxygens (including phenoxy) is 2. The van der Waals surface area contributed by atoms with E-state index >= 15 is 0 Å². The smallest absolute Gasteiger partial charge is 0.343 e. The van der Waals surface area contributed by atoms with Crippen molar-refractivity contribution >= 4 is 20.9 Å². The molecule has 1 aromatic rings. The molecule has 0 aliphatic carbocycles. The van der Waals surface area contributed by atoms with Gasteiger partial charge in [-0.1, -0.05) is 34.9 Å². The van der Waals surface area contributed by atoms with Crippen LogP contribution < -0.4 is 9.47 Å². The summed E-state index contributed by atoms with van der Waals surface area (Å²) in [6.07, 6.45) is 14.9. The number of allylic oxidation sites excluding steroid dienone is 6. The summed E-state index contributed by atoms with van der Waals surface area (Å²) in [5.41, 5.74) is 7.73. The second-order valence-corrected chi connectivity index (χ2v) is 19.6. The Labute approximate surface area is 303 Å². The molecule has 0 spiro atoms. The number of fused-ring (bicyclic) bond motifs is 1. The van der Waals surface area contributed by atoms with Crippen LogP contribution in [-0.4, -0.2) is 43.5 Å². The Kier molecular flexibility index (Phi) is 18.0. The molecule has 0 bridgehead atoms. The zero-order valence-corrected chi connectivity index (χ0v) is 35.0. The molecule has 2 rings (SSSR count). The highest BCUT2D eigenvalue weighted by Crippen LogP contribution is 2.69. The minimum Gasteiger partial charge on any atom is -0.487 e. The van der Waals surface area contributed by atoms with Crippen molar-refractivity contribution in [3.05, 3.63) is 57.2 Å². The van der Waals surface area contributed by atoms with Gasteiger partial charge in [-0.15, -0.1) is 0 Å². The number of hydrogen-bond acceptors (Lipinski definition) is 8. The number of hydrogen-bond donors (Lipinski definition) is 0. The van der Waals surface area contributed by atoms with Gasteiger partial charge in [0.05, 0.1) is 19.8 Å². The van der Waals surface area contributed by atoms with Crippen LogP contribution in [0, 0.1) is 20.8 Å². The molecule has 0 aromatic heterocycles. The van der Waals surface area contributed by atoms with Gasteiger partial charge >= 0.3 is 13.6 Å². The average Bonchev–Trinajstić information content (AvgIpc) is 3.02. The van der Waals surface area contributed by atoms with E-state index in [1.807, 2.05) is 20.8 Å². The van der Waals surface area contributed by atoms with Crippen LogP contribution in [0.3, 0.4) is 0 Å². The topological polar surface area (TPSA) is 97.4 Å². The van der Waals surface area contributed by atoms with Gasteiger partial charge in [-0.2, -0.15) is 0 Å². The second-order valence-electron chi connectivity index (χ2n) is 14.3. The van der Waals surface area contributed by atoms with Gasteiger partial charge < -0.3 is 23.0 Å². The third-order valence-electron chi connectivity index (χ3n) is 9.58. The lowest BCUT2D eigenvalue weighted by Gasteiger charge is -2.38. The lowest BCUT2D eigenvalue weighted by Crippen LogP contribution is -2.37. The molecule has 1 aromatic carbocycles. The lowest BCUT2D eigenvalue weighted by atomic mass is 9.85. The van der Waals surface area contributed by atoms with Crippen LogP contribution in [0.15, 0.2) is 34.9 Å². The molecule has 284 valence electrons. The van der Waals surface area contributed by atoms with Gasteiger partial charge in [0.2, 0.25) is 7.37 Å². The highest BCUT2D eigenvalue weighted by molar-refractivity contribution is 7.74. The predicted octanol–water partition coefficient (Wildman–Crippen LogP) is 12.1. The van der Waals surface area contributed by atoms with Gasteiger partial charge in [-0.05, 0) is 151 Å². The number of benzene rings is 1. The Balaban J connectivity index is 2.12. The molecule has 0 radical (unpaired) electrons. The Morgan fingerprint density at radius 2 is 1.38 bits per heavy atom. The van der Waals surface area contributed by atoms with Crippen molar-refractivity contribution in [2.75, 3.05) is 26.5 Å². The summed E-state index contributed by atoms with van der Waals surface area (Å²) in [6.45, 7) is 23.8. The normalized spacial score (nSPS) is 18.6. The van der Waals surface area contributed by atoms with Gasteiger partial charge in [0, 0.05) is 18.6 Å². The Morgan fingerprint density at radius 3 is 1.94 bits per heavy atom. The highest BCUT2D eigenvalue weighted by atomic mass is 31.2. The molecule has 1 aliphatic heterocycles. The van der Waals surface area contributed by atoms with Crippen molar-refractivity contribution in [3.63, 3.8) is 0 Å². The first-order valence-electron chi connectivity index (χ1n) is 18.5. The molecular weight excluding hydrogens is 670 g/mol. The Bertz CT molecular complexity index is 1480. The molecule has 0 saturated carbocycles. The zero-order chi connectivity index (χ0) is 37.7. The maximum absolute atomic E-state index is 13.7. The van der Waals surface area contributed by atoms with Gasteiger partial charge in [0.1, 0.15) is 22.5 Å². The highest BCUT2D eigenvalue weighted by Gasteiger charge is 2.47. The fraction of sp³-hybridized carbons (Fsp3) is 0.675. The predicted molar refractivity (Wildman–Crippen MR) is 207 cm³/mol. The largest absolute Gasteiger partial charge is 0.487 e. The minimum absolute atomic E-state index is 0.0196. The molecule has 0 N–H and O–H groups in total. The number of carbonyl (C=O) groups excluding carboxylic acids is 1. The van der Waals surface area contributed by atoms with Crippen LogP contribution in [0.2, 0.25) is 0 Å². The molecule has 1 aliphatic rings. The molecule has 3 unspecified atom stereocenters. The molecule has 0 fully saturated rings. The number of esters is 1. The fourth-order valence-corrected chi connectivity index (χ4v) is 12.1. The third-order valence-corrected chi connectivity index (χ3v) is 16.0. The standard InChI is InChI=1S/C40H66O8P2/c1-13-44-49(12,42)37(50(43,45-14-2)46-15-3)25-24-36(41)47-38-32(8)33(9)39-35(34(38)10)26-28-40(11,48-39)27-18-23-31(7)22-17-21-30(6)20-16-19-29(4)5/h19,21,23,37H,13-18,20,22,24-28H2,1-12H3/b30-21+,31-23+. The third kappa shape index (κ3) is 12.9. The summed E-state index contributed by atoms with van der Waals surface area (Å²) >= 11 is 0. The van der Waals surface area contributed by atoms with Crippen molar-refractivity contribution in [2.24, 2.45) is 0 Å². The van der Waals surface area contributed by atoms with E-state index in [1.54, 1.807) is 20.8 Å². The average molecular weight is 737 g/mol. The van der Waals surface area contributed by atoms with E-state index in [1.165, 1.54) is 23.4 Å². The van der Waals surface area contributed by atoms with Crippen molar-refractivity contribution in [1.82, 2.24) is 0 Å². The molecular formula is C40H66O8P2. The molecule has 10 heteroatoms. The summed E-state index contributed by atoms with van der Waals surface area (Å²) in [7, 11) is -7.28. The second kappa shape index (κ2) is 20.3. The molecule has 8 nitrogen and oxygen atoms in total. The quantitative estimate of drug-likeness (QED) is 0.0532. The first-order valence-corrected chi connectivity index (χ1v) is 22.3. The molecule has 0 saturated heterocycles. The summed E-state index contributed by atoms with van der Waals surface area (Å²) in [6, 6.07) is 0. The van der Waals surface area contributed by atoms with Crippen molar-refractivity contribution < 1.29 is 37.0 Å². The molecule has 3 atom stereocenters. The maximum atomic E-state index is 13.7. The van der Waals surface area contributed by atoms with Gasteiger partial charge in [-0.25, -0.2) is 0 Å². The fourth-order valence-electron chi connectivity index (χ4n) is 6.55. The van der Waals surface area contributed by atoms with Crippen LogP contribution >= 0.6 is 15.0 Å². The van der Waals surface area contributed by atoms with E-state index < -0.39 is 26.3 Å². The maximum Gasteiger partial charge on any atom is 0.343 e. The SMILES string of the molecule is CCOP(C)(=O)C(CCC(=O)Oc1c(C)c(C)c2c(c1C)CCC(C)(CC/C=C(\C)CC/C=C(\C)CCC=C(C)C)O2)P(=O)(OCC)OCC. The molecule has 0 amide bonds. The molecule has 1 heterocycles. The van der Waals surface area contributed by atoms with Crippen molar-refractivity contribution in [2.45, 2.75) is 151 Å². The monoisotopic (exact) mass is 736 g/mol. The number of carbonyl (C=O) groups is 1. The summed E-state index contributed by atoms with van der Waals surface area (Å²) in [5, 5.41) is -1.08. The zero-order valence-electron chi connectivity index (χ0n) is 33.2. The van der Waals surface area contributed by atoms with Crippen LogP contribution in [-0.2, 0) is 33.9 Å². The summed E-state index contributed by atoms with van der Waals surface area (Å²) < 4.78 is 56.6. The summed E-state index contributed by atoms with van der Waals surface area (Å²) in [4.78, 5) is 13.3. The van der Waals surface area contributed by atoms with Gasteiger partial charge in [-0.3, -0.25) is 13.9 Å². The van der Waals surface area contributed by atoms with Crippen LogP contribution in [0.5, 0.6) is 11.5 Å². The van der Waals surface area contributed by atoms with E-state index in [0.29, 0.717) is 5.75 Å². The van der Waals surface area contributed by atoms with Crippen molar-refractivity contribution in [3.8, 4) is 11.5 Å². The van der Waals surface area contributed by atoms with E-state index in [2.05, 4.69) is 52.8 Å². The van der Waals surface area contributed by atoms with E-state index in [-0.39, 0.29) is 38.3 Å². The van der Waals surface area contributed by atoms with Gasteiger partial charge in [0.15, 0.2) is 0 Å². The van der Waals surface area contributed by atoms with Crippen LogP contribution in [0.25, 0.3) is 0 Å². The van der Waals surface area contributed by atoms with E-state index in [0.717, 1.165) is 79.4 Å². The Morgan fingerprint density at radius 1 is 0.820 bits per heavy atom. The van der Waals surface area contributed by atoms with Crippen LogP contribution in [0.4, 0.5) is 0 Å². The molecule has 50 heavy (non-hydrogen) atoms. The number of rotatable bonds is 21. The van der Waals surface area contributed by atoms with E-state index in [4.69, 9.17) is 23.0 Å². The first kappa shape index (κ1) is 44.2. The minimum atomic E-state index is -3.82. The van der Waals surface area contributed by atoms with Crippen molar-refractivity contribution in [1.29, 1.82) is 0 Å². The van der Waals surface area contributed by atoms with E-state index in [9.17, 15) is 13.9 Å².